The summed E-state index contributed by atoms with van der Waals surface area (Å²) >= 11 is 0. The van der Waals surface area contributed by atoms with Gasteiger partial charge in [-0.1, -0.05) is 140 Å². The smallest absolute Gasteiger partial charge is 0.140 e. The highest BCUT2D eigenvalue weighted by atomic mass is 32.3. The van der Waals surface area contributed by atoms with E-state index in [1.807, 2.05) is 0 Å². The molecule has 0 aliphatic rings. The molecule has 0 radical (unpaired) electrons. The van der Waals surface area contributed by atoms with Crippen molar-refractivity contribution in [2.24, 2.45) is 0 Å². The monoisotopic (exact) mass is 747 g/mol. The highest BCUT2D eigenvalue weighted by molar-refractivity contribution is 8.34. The lowest BCUT2D eigenvalue weighted by molar-refractivity contribution is 1.01. The Hall–Kier alpha value is -7.14. The Bertz CT molecular complexity index is 2900. The fourth-order valence-electron chi connectivity index (χ4n) is 8.79. The number of fused-ring (bicyclic) bond motifs is 6. The largest absolute Gasteiger partial charge is 0.294 e. The molecule has 0 saturated carbocycles. The van der Waals surface area contributed by atoms with Gasteiger partial charge in [-0.25, -0.2) is 4.98 Å². The van der Waals surface area contributed by atoms with E-state index in [9.17, 15) is 0 Å². The van der Waals surface area contributed by atoms with Gasteiger partial charge >= 0.3 is 0 Å². The lowest BCUT2D eigenvalue weighted by atomic mass is 10.1. The van der Waals surface area contributed by atoms with Gasteiger partial charge in [-0.05, 0) is 96.1 Å². The minimum atomic E-state index is -1.89. The van der Waals surface area contributed by atoms with E-state index in [4.69, 9.17) is 4.98 Å². The topological polar surface area (TPSA) is 22.8 Å². The van der Waals surface area contributed by atoms with Crippen LogP contribution in [0.25, 0.3) is 66.4 Å². The number of benzene rings is 8. The van der Waals surface area contributed by atoms with Gasteiger partial charge < -0.3 is 0 Å². The Balaban J connectivity index is 1.22. The van der Waals surface area contributed by atoms with Crippen molar-refractivity contribution in [1.29, 1.82) is 0 Å². The first kappa shape index (κ1) is 33.2. The first-order valence-electron chi connectivity index (χ1n) is 19.4. The van der Waals surface area contributed by atoms with Crippen molar-refractivity contribution in [2.75, 3.05) is 0 Å². The molecule has 3 nitrogen and oxygen atoms in total. The van der Waals surface area contributed by atoms with Crippen molar-refractivity contribution in [3.63, 3.8) is 0 Å². The third kappa shape index (κ3) is 5.26. The minimum Gasteiger partial charge on any atom is -0.294 e. The van der Waals surface area contributed by atoms with E-state index >= 15 is 0 Å². The zero-order valence-electron chi connectivity index (χ0n) is 31.1. The average Bonchev–Trinajstić information content (AvgIpc) is 3.81. The highest BCUT2D eigenvalue weighted by Gasteiger charge is 2.33. The first-order chi connectivity index (χ1) is 28.3. The minimum absolute atomic E-state index is 0.875. The van der Waals surface area contributed by atoms with Crippen molar-refractivity contribution < 1.29 is 0 Å². The summed E-state index contributed by atoms with van der Waals surface area (Å²) < 4.78 is 4.67. The Kier molecular flexibility index (Phi) is 7.90. The second-order valence-electron chi connectivity index (χ2n) is 14.4. The van der Waals surface area contributed by atoms with Crippen LogP contribution in [0.4, 0.5) is 0 Å². The quantitative estimate of drug-likeness (QED) is 0.159. The second kappa shape index (κ2) is 13.6. The van der Waals surface area contributed by atoms with Gasteiger partial charge in [-0.2, -0.15) is 0 Å². The molecule has 0 saturated heterocycles. The molecule has 0 bridgehead atoms. The van der Waals surface area contributed by atoms with Gasteiger partial charge in [0.2, 0.25) is 0 Å². The highest BCUT2D eigenvalue weighted by Crippen LogP contribution is 2.73. The van der Waals surface area contributed by atoms with E-state index in [1.54, 1.807) is 0 Å². The molecule has 0 fully saturated rings. The zero-order valence-corrected chi connectivity index (χ0v) is 31.9. The summed E-state index contributed by atoms with van der Waals surface area (Å²) in [6.07, 6.45) is 0. The van der Waals surface area contributed by atoms with Crippen molar-refractivity contribution in [3.05, 3.63) is 224 Å². The van der Waals surface area contributed by atoms with Crippen LogP contribution in [0.1, 0.15) is 0 Å². The molecule has 0 atom stereocenters. The van der Waals surface area contributed by atoms with Gasteiger partial charge in [0.15, 0.2) is 0 Å². The molecule has 0 spiro atoms. The maximum atomic E-state index is 5.59. The number of rotatable bonds is 7. The molecule has 3 aromatic heterocycles. The Labute approximate surface area is 333 Å². The summed E-state index contributed by atoms with van der Waals surface area (Å²) in [7, 11) is -1.89. The van der Waals surface area contributed by atoms with Crippen molar-refractivity contribution in [1.82, 2.24) is 14.1 Å². The number of nitrogens with zero attached hydrogens (tertiary/aromatic N) is 3. The Morgan fingerprint density at radius 3 is 1.00 bits per heavy atom. The normalized spacial score (nSPS) is 12.1. The molecule has 11 rings (SSSR count). The third-order valence-electron chi connectivity index (χ3n) is 11.2. The second-order valence-corrected chi connectivity index (χ2v) is 17.5. The van der Waals surface area contributed by atoms with Gasteiger partial charge in [-0.3, -0.25) is 9.13 Å². The van der Waals surface area contributed by atoms with E-state index in [0.717, 1.165) is 44.8 Å². The van der Waals surface area contributed by atoms with Crippen LogP contribution in [0.2, 0.25) is 0 Å². The summed E-state index contributed by atoms with van der Waals surface area (Å²) in [5.41, 5.74) is 6.76. The number of hydrogen-bond donors (Lipinski definition) is 0. The van der Waals surface area contributed by atoms with E-state index < -0.39 is 10.0 Å². The van der Waals surface area contributed by atoms with Crippen molar-refractivity contribution in [2.45, 2.75) is 19.6 Å². The number of pyridine rings is 1. The molecule has 11 aromatic rings. The van der Waals surface area contributed by atoms with Crippen LogP contribution >= 0.6 is 10.0 Å². The van der Waals surface area contributed by atoms with Crippen LogP contribution in [0.15, 0.2) is 244 Å². The first-order valence-corrected chi connectivity index (χ1v) is 21.0. The molecule has 0 N–H and O–H groups in total. The molecule has 270 valence electrons. The zero-order chi connectivity index (χ0) is 37.8. The van der Waals surface area contributed by atoms with Crippen LogP contribution in [0.3, 0.4) is 0 Å². The summed E-state index contributed by atoms with van der Waals surface area (Å²) in [5.74, 6) is 1.75. The van der Waals surface area contributed by atoms with Crippen LogP contribution in [-0.2, 0) is 0 Å². The lowest BCUT2D eigenvalue weighted by Gasteiger charge is -2.42. The molecule has 3 heterocycles. The van der Waals surface area contributed by atoms with Gasteiger partial charge in [0.25, 0.3) is 0 Å². The molecule has 8 aromatic carbocycles. The lowest BCUT2D eigenvalue weighted by Crippen LogP contribution is -2.06. The standard InChI is InChI=1S/C53H37N3S/c1-4-20-40(21-5-1)57(41-22-6-2-7-23-41,42-24-8-3-9-25-42)43-26-18-19-38(35-43)39-36-52(55-48-31-14-10-27-44(48)45-28-11-15-32-49(45)55)54-53(37-39)56-50-33-16-12-29-46(50)47-30-13-17-34-51(47)56/h1-37H. The SMILES string of the molecule is c1ccc(S(c2ccccc2)(c2ccccc2)c2cccc(-c3cc(-n4c5ccccc5c5ccccc54)nc(-n4c5ccccc5c5ccccc54)c3)c2)cc1. The summed E-state index contributed by atoms with van der Waals surface area (Å²) in [6.45, 7) is 0. The fourth-order valence-corrected chi connectivity index (χ4v) is 12.7. The molecule has 0 aliphatic heterocycles. The predicted octanol–water partition coefficient (Wildman–Crippen LogP) is 14.3. The predicted molar refractivity (Wildman–Crippen MR) is 238 cm³/mol. The van der Waals surface area contributed by atoms with Gasteiger partial charge in [0.1, 0.15) is 11.6 Å². The fraction of sp³-hybridized carbons (Fsp3) is 0. The van der Waals surface area contributed by atoms with Gasteiger partial charge in [0.05, 0.1) is 22.1 Å². The summed E-state index contributed by atoms with van der Waals surface area (Å²) in [5, 5.41) is 4.84. The average molecular weight is 748 g/mol. The van der Waals surface area contributed by atoms with E-state index in [-0.39, 0.29) is 0 Å². The van der Waals surface area contributed by atoms with E-state index in [1.165, 1.54) is 41.1 Å². The Morgan fingerprint density at radius 2 is 0.614 bits per heavy atom. The molecular weight excluding hydrogens is 711 g/mol. The molecule has 4 heteroatoms. The van der Waals surface area contributed by atoms with Crippen LogP contribution in [-0.4, -0.2) is 14.1 Å². The molecule has 0 unspecified atom stereocenters. The van der Waals surface area contributed by atoms with E-state index in [0.29, 0.717) is 0 Å². The molecule has 0 aliphatic carbocycles. The van der Waals surface area contributed by atoms with Crippen LogP contribution < -0.4 is 0 Å². The van der Waals surface area contributed by atoms with Crippen LogP contribution in [0.5, 0.6) is 0 Å². The maximum absolute atomic E-state index is 5.59. The number of aromatic nitrogens is 3. The number of para-hydroxylation sites is 4. The molecule has 57 heavy (non-hydrogen) atoms. The summed E-state index contributed by atoms with van der Waals surface area (Å²) in [4.78, 5) is 10.8. The maximum Gasteiger partial charge on any atom is 0.140 e. The van der Waals surface area contributed by atoms with Crippen LogP contribution in [0, 0.1) is 0 Å². The molecular formula is C53H37N3S. The summed E-state index contributed by atoms with van der Waals surface area (Å²) in [6, 6.07) is 81.7. The molecule has 0 amide bonds. The van der Waals surface area contributed by atoms with Crippen molar-refractivity contribution >= 4 is 53.6 Å². The van der Waals surface area contributed by atoms with Crippen molar-refractivity contribution in [3.8, 4) is 22.8 Å². The third-order valence-corrected chi connectivity index (χ3v) is 15.1. The van der Waals surface area contributed by atoms with Gasteiger partial charge in [-0.15, -0.1) is 10.0 Å². The Morgan fingerprint density at radius 1 is 0.281 bits per heavy atom. The van der Waals surface area contributed by atoms with Gasteiger partial charge in [0, 0.05) is 41.1 Å². The van der Waals surface area contributed by atoms with E-state index in [2.05, 4.69) is 234 Å². The number of hydrogen-bond acceptors (Lipinski definition) is 1.